The highest BCUT2D eigenvalue weighted by molar-refractivity contribution is 6.00. The molecule has 18 heteroatoms. The molecule has 57 heavy (non-hydrogen) atoms. The summed E-state index contributed by atoms with van der Waals surface area (Å²) in [5, 5.41) is 5.34. The molecule has 0 bridgehead atoms. The molecule has 3 aromatic rings. The summed E-state index contributed by atoms with van der Waals surface area (Å²) < 4.78 is 31.0. The van der Waals surface area contributed by atoms with E-state index in [0.29, 0.717) is 0 Å². The smallest absolute Gasteiger partial charge is 0.308 e. The van der Waals surface area contributed by atoms with E-state index in [4.69, 9.17) is 28.4 Å². The van der Waals surface area contributed by atoms with Crippen LogP contribution in [0.15, 0.2) is 54.6 Å². The fraction of sp³-hybridized carbons (Fsp3) is 0.308. The number of ether oxygens (including phenoxy) is 6. The molecule has 0 saturated carbocycles. The van der Waals surface area contributed by atoms with Gasteiger partial charge in [0.1, 0.15) is 0 Å². The van der Waals surface area contributed by atoms with Crippen molar-refractivity contribution in [2.75, 3.05) is 26.2 Å². The second-order valence-corrected chi connectivity index (χ2v) is 12.0. The van der Waals surface area contributed by atoms with Crippen molar-refractivity contribution in [2.24, 2.45) is 0 Å². The lowest BCUT2D eigenvalue weighted by molar-refractivity contribution is -0.134. The minimum atomic E-state index is -0.794. The number of carbonyl (C=O) groups is 9. The van der Waals surface area contributed by atoms with Gasteiger partial charge in [0.25, 0.3) is 17.7 Å². The molecule has 18 nitrogen and oxygen atoms in total. The third kappa shape index (κ3) is 13.6. The Hall–Kier alpha value is -7.11. The number of nitrogens with zero attached hydrogens (tertiary/aromatic N) is 1. The van der Waals surface area contributed by atoms with Crippen LogP contribution in [-0.2, 0) is 28.8 Å². The molecule has 0 unspecified atom stereocenters. The molecule has 0 heterocycles. The van der Waals surface area contributed by atoms with E-state index in [2.05, 4.69) is 10.6 Å². The largest absolute Gasteiger partial charge is 0.423 e. The monoisotopic (exact) mass is 791 g/mol. The van der Waals surface area contributed by atoms with Crippen LogP contribution in [0.3, 0.4) is 0 Å². The van der Waals surface area contributed by atoms with Gasteiger partial charge in [0.05, 0.1) is 16.7 Å². The number of rotatable bonds is 17. The van der Waals surface area contributed by atoms with Crippen molar-refractivity contribution in [3.63, 3.8) is 0 Å². The first kappa shape index (κ1) is 44.3. The van der Waals surface area contributed by atoms with Crippen LogP contribution in [0.4, 0.5) is 0 Å². The number of para-hydroxylation sites is 3. The molecule has 0 spiro atoms. The highest BCUT2D eigenvalue weighted by atomic mass is 16.6. The molecule has 0 saturated heterocycles. The molecule has 0 atom stereocenters. The summed E-state index contributed by atoms with van der Waals surface area (Å²) in [5.41, 5.74) is -0.328. The summed E-state index contributed by atoms with van der Waals surface area (Å²) in [6.07, 6.45) is 0.301. The molecule has 0 aliphatic heterocycles. The summed E-state index contributed by atoms with van der Waals surface area (Å²) >= 11 is 0. The van der Waals surface area contributed by atoms with Gasteiger partial charge in [-0.05, 0) is 49.2 Å². The zero-order valence-electron chi connectivity index (χ0n) is 32.0. The summed E-state index contributed by atoms with van der Waals surface area (Å²) in [6.45, 7) is 6.70. The average molecular weight is 792 g/mol. The van der Waals surface area contributed by atoms with Crippen LogP contribution in [0.5, 0.6) is 34.5 Å². The maximum atomic E-state index is 14.1. The van der Waals surface area contributed by atoms with Crippen LogP contribution in [0, 0.1) is 0 Å². The number of benzene rings is 3. The Morgan fingerprint density at radius 3 is 1.05 bits per heavy atom. The SMILES string of the molecule is CC(=O)Oc1cccc(C(=O)NCCCN(CCCNC(=O)c2cccc(OC(C)=O)c2OC(C)=O)C(=O)c2cccc(OC(C)=O)c2OC(C)=O)c1OC(C)=O. The molecule has 0 radical (unpaired) electrons. The van der Waals surface area contributed by atoms with Gasteiger partial charge in [-0.2, -0.15) is 0 Å². The number of carbonyl (C=O) groups excluding carboxylic acids is 9. The van der Waals surface area contributed by atoms with E-state index in [-0.39, 0.29) is 90.2 Å². The van der Waals surface area contributed by atoms with Gasteiger partial charge in [0.2, 0.25) is 0 Å². The molecule has 0 aliphatic carbocycles. The topological polar surface area (TPSA) is 236 Å². The molecular weight excluding hydrogens is 750 g/mol. The molecule has 3 aromatic carbocycles. The predicted octanol–water partition coefficient (Wildman–Crippen LogP) is 3.32. The Morgan fingerprint density at radius 2 is 0.737 bits per heavy atom. The lowest BCUT2D eigenvalue weighted by atomic mass is 10.1. The highest BCUT2D eigenvalue weighted by Gasteiger charge is 2.26. The van der Waals surface area contributed by atoms with Crippen LogP contribution < -0.4 is 39.1 Å². The Bertz CT molecular complexity index is 1960. The van der Waals surface area contributed by atoms with Crippen molar-refractivity contribution in [2.45, 2.75) is 54.4 Å². The standard InChI is InChI=1S/C39H41N3O15/c1-22(43)52-31-15-7-12-28(34(31)55-25(4)46)37(49)40-18-10-20-42(39(51)30-14-9-17-33(54-24(3)45)36(30)57-27(6)48)21-11-19-41-38(50)29-13-8-16-32(53-23(2)44)35(29)56-26(5)47/h7-9,12-17H,10-11,18-21H2,1-6H3,(H,40,49)(H,41,50). The van der Waals surface area contributed by atoms with E-state index in [1.807, 2.05) is 0 Å². The normalized spacial score (nSPS) is 10.3. The van der Waals surface area contributed by atoms with E-state index in [0.717, 1.165) is 41.5 Å². The quantitative estimate of drug-likeness (QED) is 0.113. The average Bonchev–Trinajstić information content (AvgIpc) is 3.11. The van der Waals surface area contributed by atoms with Crippen LogP contribution in [0.2, 0.25) is 0 Å². The fourth-order valence-corrected chi connectivity index (χ4v) is 5.15. The second-order valence-electron chi connectivity index (χ2n) is 12.0. The number of esters is 6. The van der Waals surface area contributed by atoms with Crippen LogP contribution in [0.25, 0.3) is 0 Å². The fourth-order valence-electron chi connectivity index (χ4n) is 5.15. The van der Waals surface area contributed by atoms with Crippen molar-refractivity contribution in [1.29, 1.82) is 0 Å². The van der Waals surface area contributed by atoms with E-state index in [1.165, 1.54) is 59.5 Å². The van der Waals surface area contributed by atoms with Gasteiger partial charge in [-0.3, -0.25) is 43.2 Å². The van der Waals surface area contributed by atoms with Crippen LogP contribution in [-0.4, -0.2) is 84.6 Å². The van der Waals surface area contributed by atoms with E-state index < -0.39 is 53.5 Å². The van der Waals surface area contributed by atoms with E-state index in [1.54, 1.807) is 0 Å². The Labute approximate surface area is 326 Å². The molecule has 0 aliphatic rings. The zero-order valence-corrected chi connectivity index (χ0v) is 32.0. The predicted molar refractivity (Wildman–Crippen MR) is 197 cm³/mol. The van der Waals surface area contributed by atoms with Gasteiger partial charge >= 0.3 is 35.8 Å². The Morgan fingerprint density at radius 1 is 0.439 bits per heavy atom. The molecule has 2 N–H and O–H groups in total. The molecule has 0 aromatic heterocycles. The van der Waals surface area contributed by atoms with Gasteiger partial charge in [-0.25, -0.2) is 0 Å². The lowest BCUT2D eigenvalue weighted by Gasteiger charge is -2.24. The number of nitrogens with one attached hydrogen (secondary N) is 2. The van der Waals surface area contributed by atoms with Crippen molar-refractivity contribution >= 4 is 53.5 Å². The molecule has 302 valence electrons. The minimum absolute atomic E-state index is 0.00428. The molecule has 3 rings (SSSR count). The van der Waals surface area contributed by atoms with Gasteiger partial charge in [0.15, 0.2) is 34.5 Å². The number of hydrogen-bond donors (Lipinski definition) is 2. The third-order valence-corrected chi connectivity index (χ3v) is 7.22. The van der Waals surface area contributed by atoms with Crippen molar-refractivity contribution in [3.8, 4) is 34.5 Å². The molecular formula is C39H41N3O15. The van der Waals surface area contributed by atoms with Gasteiger partial charge < -0.3 is 44.0 Å². The summed E-state index contributed by atoms with van der Waals surface area (Å²) in [5.74, 6) is -7.79. The molecule has 0 fully saturated rings. The minimum Gasteiger partial charge on any atom is -0.423 e. The van der Waals surface area contributed by atoms with Crippen molar-refractivity contribution < 1.29 is 71.6 Å². The maximum absolute atomic E-state index is 14.1. The van der Waals surface area contributed by atoms with Gasteiger partial charge in [-0.1, -0.05) is 18.2 Å². The Balaban J connectivity index is 1.83. The number of hydrogen-bond acceptors (Lipinski definition) is 15. The van der Waals surface area contributed by atoms with Crippen LogP contribution >= 0.6 is 0 Å². The van der Waals surface area contributed by atoms with Gasteiger partial charge in [0, 0.05) is 67.7 Å². The van der Waals surface area contributed by atoms with Crippen molar-refractivity contribution in [3.05, 3.63) is 71.3 Å². The first-order chi connectivity index (χ1) is 27.0. The summed E-state index contributed by atoms with van der Waals surface area (Å²) in [6, 6.07) is 12.4. The van der Waals surface area contributed by atoms with Gasteiger partial charge in [-0.15, -0.1) is 0 Å². The molecule has 3 amide bonds. The first-order valence-electron chi connectivity index (χ1n) is 17.3. The van der Waals surface area contributed by atoms with E-state index >= 15 is 0 Å². The number of amides is 3. The maximum Gasteiger partial charge on any atom is 0.308 e. The zero-order chi connectivity index (χ0) is 42.2. The second kappa shape index (κ2) is 21.1. The van der Waals surface area contributed by atoms with Crippen molar-refractivity contribution in [1.82, 2.24) is 15.5 Å². The first-order valence-corrected chi connectivity index (χ1v) is 17.3. The van der Waals surface area contributed by atoms with E-state index in [9.17, 15) is 43.2 Å². The third-order valence-electron chi connectivity index (χ3n) is 7.22. The summed E-state index contributed by atoms with van der Waals surface area (Å²) in [7, 11) is 0. The lowest BCUT2D eigenvalue weighted by Crippen LogP contribution is -2.37. The highest BCUT2D eigenvalue weighted by Crippen LogP contribution is 2.34. The summed E-state index contributed by atoms with van der Waals surface area (Å²) in [4.78, 5) is 112. The Kier molecular flexibility index (Phi) is 16.4. The van der Waals surface area contributed by atoms with Crippen LogP contribution in [0.1, 0.15) is 85.5 Å².